The normalized spacial score (nSPS) is 11.7. The van der Waals surface area contributed by atoms with E-state index in [1.807, 2.05) is 70.2 Å². The van der Waals surface area contributed by atoms with E-state index in [9.17, 15) is 9.59 Å². The summed E-state index contributed by atoms with van der Waals surface area (Å²) < 4.78 is 11.0. The number of benzene rings is 2. The van der Waals surface area contributed by atoms with Gasteiger partial charge in [0.1, 0.15) is 17.5 Å². The predicted molar refractivity (Wildman–Crippen MR) is 122 cm³/mol. The van der Waals surface area contributed by atoms with E-state index >= 15 is 0 Å². The fourth-order valence-corrected chi connectivity index (χ4v) is 3.15. The lowest BCUT2D eigenvalue weighted by Crippen LogP contribution is -2.49. The number of rotatable bonds is 10. The maximum absolute atomic E-state index is 13.1. The first-order chi connectivity index (χ1) is 14.7. The molecule has 2 aromatic rings. The van der Waals surface area contributed by atoms with Crippen molar-refractivity contribution in [3.8, 4) is 11.5 Å². The van der Waals surface area contributed by atoms with Crippen molar-refractivity contribution in [1.29, 1.82) is 0 Å². The minimum atomic E-state index is -0.629. The van der Waals surface area contributed by atoms with Crippen LogP contribution in [0.2, 0.25) is 0 Å². The zero-order valence-electron chi connectivity index (χ0n) is 19.4. The van der Waals surface area contributed by atoms with Gasteiger partial charge in [0.05, 0.1) is 7.11 Å². The maximum atomic E-state index is 13.1. The van der Waals surface area contributed by atoms with Crippen LogP contribution in [0, 0.1) is 19.8 Å². The van der Waals surface area contributed by atoms with Crippen LogP contribution >= 0.6 is 0 Å². The summed E-state index contributed by atoms with van der Waals surface area (Å²) in [6, 6.07) is 12.7. The average Bonchev–Trinajstić information content (AvgIpc) is 2.74. The van der Waals surface area contributed by atoms with Crippen LogP contribution in [0.15, 0.2) is 42.5 Å². The highest BCUT2D eigenvalue weighted by atomic mass is 16.5. The van der Waals surface area contributed by atoms with Crippen LogP contribution in [0.5, 0.6) is 11.5 Å². The number of amides is 2. The molecule has 168 valence electrons. The molecule has 6 heteroatoms. The SMILES string of the molecule is COc1ccc(CN(C(=O)COc2ccc(C)cc2C)[C@H](C)C(=O)NCC(C)C)cc1. The maximum Gasteiger partial charge on any atom is 0.261 e. The lowest BCUT2D eigenvalue weighted by Gasteiger charge is -2.29. The summed E-state index contributed by atoms with van der Waals surface area (Å²) in [5, 5.41) is 2.92. The van der Waals surface area contributed by atoms with Crippen molar-refractivity contribution in [2.45, 2.75) is 47.2 Å². The van der Waals surface area contributed by atoms with E-state index in [-0.39, 0.29) is 18.4 Å². The molecule has 0 radical (unpaired) electrons. The van der Waals surface area contributed by atoms with Gasteiger partial charge < -0.3 is 19.7 Å². The van der Waals surface area contributed by atoms with Gasteiger partial charge in [-0.3, -0.25) is 9.59 Å². The monoisotopic (exact) mass is 426 g/mol. The van der Waals surface area contributed by atoms with Gasteiger partial charge in [0, 0.05) is 13.1 Å². The molecule has 0 aliphatic rings. The number of methoxy groups -OCH3 is 1. The molecule has 0 saturated heterocycles. The fraction of sp³-hybridized carbons (Fsp3) is 0.440. The molecule has 1 atom stereocenters. The molecule has 0 aromatic heterocycles. The van der Waals surface area contributed by atoms with Crippen LogP contribution in [0.1, 0.15) is 37.5 Å². The summed E-state index contributed by atoms with van der Waals surface area (Å²) in [6.07, 6.45) is 0. The summed E-state index contributed by atoms with van der Waals surface area (Å²) in [5.41, 5.74) is 3.01. The third-order valence-corrected chi connectivity index (χ3v) is 5.05. The van der Waals surface area contributed by atoms with Gasteiger partial charge in [-0.25, -0.2) is 0 Å². The number of ether oxygens (including phenoxy) is 2. The Hall–Kier alpha value is -3.02. The Balaban J connectivity index is 2.15. The van der Waals surface area contributed by atoms with Crippen molar-refractivity contribution in [1.82, 2.24) is 10.2 Å². The summed E-state index contributed by atoms with van der Waals surface area (Å²) in [4.78, 5) is 27.3. The number of hydrogen-bond acceptors (Lipinski definition) is 4. The number of aryl methyl sites for hydroxylation is 2. The van der Waals surface area contributed by atoms with E-state index < -0.39 is 6.04 Å². The Morgan fingerprint density at radius 3 is 2.29 bits per heavy atom. The van der Waals surface area contributed by atoms with Gasteiger partial charge in [-0.1, -0.05) is 43.7 Å². The predicted octanol–water partition coefficient (Wildman–Crippen LogP) is 3.88. The average molecular weight is 427 g/mol. The van der Waals surface area contributed by atoms with Crippen molar-refractivity contribution in [2.75, 3.05) is 20.3 Å². The summed E-state index contributed by atoms with van der Waals surface area (Å²) in [5.74, 6) is 1.31. The third kappa shape index (κ3) is 7.31. The van der Waals surface area contributed by atoms with Crippen LogP contribution in [0.4, 0.5) is 0 Å². The van der Waals surface area contributed by atoms with Gasteiger partial charge in [-0.05, 0) is 56.0 Å². The van der Waals surface area contributed by atoms with Gasteiger partial charge in [-0.2, -0.15) is 0 Å². The Kier molecular flexibility index (Phi) is 8.91. The molecule has 2 rings (SSSR count). The molecule has 0 aliphatic carbocycles. The second-order valence-corrected chi connectivity index (χ2v) is 8.24. The van der Waals surface area contributed by atoms with Crippen molar-refractivity contribution < 1.29 is 19.1 Å². The highest BCUT2D eigenvalue weighted by Gasteiger charge is 2.26. The molecule has 2 amide bonds. The van der Waals surface area contributed by atoms with Crippen LogP contribution < -0.4 is 14.8 Å². The third-order valence-electron chi connectivity index (χ3n) is 5.05. The Labute approximate surface area is 185 Å². The second-order valence-electron chi connectivity index (χ2n) is 8.24. The van der Waals surface area contributed by atoms with E-state index in [0.717, 1.165) is 22.4 Å². The van der Waals surface area contributed by atoms with Gasteiger partial charge in [0.2, 0.25) is 5.91 Å². The van der Waals surface area contributed by atoms with Crippen LogP contribution in [0.3, 0.4) is 0 Å². The summed E-state index contributed by atoms with van der Waals surface area (Å²) >= 11 is 0. The highest BCUT2D eigenvalue weighted by Crippen LogP contribution is 2.20. The van der Waals surface area contributed by atoms with Gasteiger partial charge >= 0.3 is 0 Å². The molecule has 6 nitrogen and oxygen atoms in total. The Bertz CT molecular complexity index is 878. The van der Waals surface area contributed by atoms with Crippen LogP contribution in [-0.2, 0) is 16.1 Å². The molecule has 31 heavy (non-hydrogen) atoms. The first kappa shape index (κ1) is 24.3. The smallest absolute Gasteiger partial charge is 0.261 e. The molecule has 0 heterocycles. The molecule has 1 N–H and O–H groups in total. The standard InChI is InChI=1S/C25H34N2O4/c1-17(2)14-26-25(29)20(5)27(15-21-8-10-22(30-6)11-9-21)24(28)16-31-23-12-7-18(3)13-19(23)4/h7-13,17,20H,14-16H2,1-6H3,(H,26,29)/t20-/m1/s1. The van der Waals surface area contributed by atoms with E-state index in [1.165, 1.54) is 0 Å². The summed E-state index contributed by atoms with van der Waals surface area (Å²) in [7, 11) is 1.61. The van der Waals surface area contributed by atoms with E-state index in [1.54, 1.807) is 18.9 Å². The number of carbonyl (C=O) groups is 2. The molecule has 0 fully saturated rings. The van der Waals surface area contributed by atoms with E-state index in [0.29, 0.717) is 24.8 Å². The van der Waals surface area contributed by atoms with E-state index in [4.69, 9.17) is 9.47 Å². The molecule has 0 spiro atoms. The molecule has 0 aliphatic heterocycles. The number of nitrogens with zero attached hydrogens (tertiary/aromatic N) is 1. The minimum Gasteiger partial charge on any atom is -0.497 e. The van der Waals surface area contributed by atoms with Crippen molar-refractivity contribution in [2.24, 2.45) is 5.92 Å². The lowest BCUT2D eigenvalue weighted by molar-refractivity contribution is -0.142. The van der Waals surface area contributed by atoms with Crippen LogP contribution in [0.25, 0.3) is 0 Å². The molecule has 0 bridgehead atoms. The van der Waals surface area contributed by atoms with Crippen molar-refractivity contribution >= 4 is 11.8 Å². The Morgan fingerprint density at radius 1 is 1.03 bits per heavy atom. The first-order valence-corrected chi connectivity index (χ1v) is 10.6. The molecular weight excluding hydrogens is 392 g/mol. The molecular formula is C25H34N2O4. The topological polar surface area (TPSA) is 67.9 Å². The van der Waals surface area contributed by atoms with Crippen molar-refractivity contribution in [3.63, 3.8) is 0 Å². The Morgan fingerprint density at radius 2 is 1.71 bits per heavy atom. The quantitative estimate of drug-likeness (QED) is 0.626. The van der Waals surface area contributed by atoms with Gasteiger partial charge in [0.25, 0.3) is 5.91 Å². The number of hydrogen-bond donors (Lipinski definition) is 1. The summed E-state index contributed by atoms with van der Waals surface area (Å²) in [6.45, 7) is 10.5. The van der Waals surface area contributed by atoms with Gasteiger partial charge in [-0.15, -0.1) is 0 Å². The largest absolute Gasteiger partial charge is 0.497 e. The molecule has 2 aromatic carbocycles. The fourth-order valence-electron chi connectivity index (χ4n) is 3.15. The molecule has 0 unspecified atom stereocenters. The first-order valence-electron chi connectivity index (χ1n) is 10.6. The van der Waals surface area contributed by atoms with Crippen molar-refractivity contribution in [3.05, 3.63) is 59.2 Å². The molecule has 0 saturated carbocycles. The van der Waals surface area contributed by atoms with Gasteiger partial charge in [0.15, 0.2) is 6.61 Å². The van der Waals surface area contributed by atoms with Crippen LogP contribution in [-0.4, -0.2) is 43.0 Å². The number of carbonyl (C=O) groups excluding carboxylic acids is 2. The highest BCUT2D eigenvalue weighted by molar-refractivity contribution is 5.88. The minimum absolute atomic E-state index is 0.137. The van der Waals surface area contributed by atoms with E-state index in [2.05, 4.69) is 5.32 Å². The second kappa shape index (κ2) is 11.4. The zero-order chi connectivity index (χ0) is 23.0. The number of nitrogens with one attached hydrogen (secondary N) is 1. The zero-order valence-corrected chi connectivity index (χ0v) is 19.4. The lowest BCUT2D eigenvalue weighted by atomic mass is 10.1.